The van der Waals surface area contributed by atoms with Crippen LogP contribution in [0.1, 0.15) is 57.0 Å². The summed E-state index contributed by atoms with van der Waals surface area (Å²) in [4.78, 5) is 16.0. The molecule has 1 saturated carbocycles. The second-order valence-corrected chi connectivity index (χ2v) is 6.83. The van der Waals surface area contributed by atoms with Crippen molar-refractivity contribution < 1.29 is 4.79 Å². The van der Waals surface area contributed by atoms with E-state index in [1.54, 1.807) is 11.3 Å². The van der Waals surface area contributed by atoms with E-state index in [1.165, 1.54) is 17.7 Å². The fourth-order valence-electron chi connectivity index (χ4n) is 2.99. The zero-order chi connectivity index (χ0) is 13.5. The molecule has 0 radical (unpaired) electrons. The van der Waals surface area contributed by atoms with Crippen LogP contribution in [0, 0.1) is 0 Å². The van der Waals surface area contributed by atoms with Gasteiger partial charge in [-0.05, 0) is 37.6 Å². The average Bonchev–Trinajstić information content (AvgIpc) is 2.87. The topological polar surface area (TPSA) is 32.3 Å². The van der Waals surface area contributed by atoms with E-state index in [4.69, 9.17) is 0 Å². The molecule has 0 bridgehead atoms. The third-order valence-corrected chi connectivity index (χ3v) is 5.27. The number of thiophene rings is 1. The van der Waals surface area contributed by atoms with Crippen molar-refractivity contribution in [2.75, 3.05) is 0 Å². The van der Waals surface area contributed by atoms with Gasteiger partial charge >= 0.3 is 0 Å². The second-order valence-electron chi connectivity index (χ2n) is 5.85. The minimum absolute atomic E-state index is 0.0989. The Morgan fingerprint density at radius 3 is 2.95 bits per heavy atom. The molecule has 1 saturated heterocycles. The van der Waals surface area contributed by atoms with Crippen molar-refractivity contribution in [2.24, 2.45) is 0 Å². The van der Waals surface area contributed by atoms with Crippen LogP contribution in [-0.2, 0) is 4.79 Å². The molecule has 3 nitrogen and oxygen atoms in total. The van der Waals surface area contributed by atoms with Gasteiger partial charge in [-0.1, -0.05) is 25.8 Å². The van der Waals surface area contributed by atoms with Crippen LogP contribution >= 0.6 is 11.3 Å². The first-order valence-electron chi connectivity index (χ1n) is 7.32. The molecule has 3 rings (SSSR count). The lowest BCUT2D eigenvalue weighted by Crippen LogP contribution is -2.38. The van der Waals surface area contributed by atoms with Crippen molar-refractivity contribution in [1.29, 1.82) is 0 Å². The molecule has 1 aliphatic heterocycles. The van der Waals surface area contributed by atoms with Gasteiger partial charge < -0.3 is 4.90 Å². The Balaban J connectivity index is 1.83. The van der Waals surface area contributed by atoms with Crippen LogP contribution in [-0.4, -0.2) is 22.4 Å². The summed E-state index contributed by atoms with van der Waals surface area (Å²) in [5.41, 5.74) is -0.213. The smallest absolute Gasteiger partial charge is 0.244 e. The molecule has 1 aromatic rings. The largest absolute Gasteiger partial charge is 0.318 e. The highest BCUT2D eigenvalue weighted by molar-refractivity contribution is 7.10. The number of rotatable bonds is 5. The van der Waals surface area contributed by atoms with Gasteiger partial charge in [0, 0.05) is 10.9 Å². The number of carbonyl (C=O) groups excluding carboxylic acids is 1. The van der Waals surface area contributed by atoms with Crippen LogP contribution in [0.4, 0.5) is 0 Å². The Hall–Kier alpha value is -0.870. The Labute approximate surface area is 119 Å². The summed E-state index contributed by atoms with van der Waals surface area (Å²) < 4.78 is 0. The summed E-state index contributed by atoms with van der Waals surface area (Å²) >= 11 is 1.74. The highest BCUT2D eigenvalue weighted by Crippen LogP contribution is 2.47. The molecule has 1 spiro atoms. The molecule has 2 fully saturated rings. The lowest BCUT2D eigenvalue weighted by atomic mass is 10.1. The average molecular weight is 278 g/mol. The third kappa shape index (κ3) is 2.21. The van der Waals surface area contributed by atoms with E-state index >= 15 is 0 Å². The Kier molecular flexibility index (Phi) is 3.39. The predicted octanol–water partition coefficient (Wildman–Crippen LogP) is 3.29. The van der Waals surface area contributed by atoms with Crippen LogP contribution in [0.5, 0.6) is 0 Å². The number of nitrogens with one attached hydrogen (secondary N) is 1. The summed E-state index contributed by atoms with van der Waals surface area (Å²) in [5.74, 6) is 0.328. The number of unbranched alkanes of at least 4 members (excludes halogenated alkanes) is 1. The van der Waals surface area contributed by atoms with E-state index in [-0.39, 0.29) is 11.7 Å². The molecule has 4 heteroatoms. The van der Waals surface area contributed by atoms with Crippen LogP contribution in [0.2, 0.25) is 0 Å². The molecule has 1 aliphatic carbocycles. The standard InChI is InChI=1S/C15H22N2OS/c1-3-4-6-11(2)17-13(12-7-5-10-19-12)16-15(8-9-15)14(17)18/h5,7,10-11,13,16H,3-4,6,8-9H2,1-2H3. The Morgan fingerprint density at radius 1 is 1.58 bits per heavy atom. The van der Waals surface area contributed by atoms with Gasteiger partial charge in [-0.25, -0.2) is 0 Å². The molecule has 0 aromatic carbocycles. The van der Waals surface area contributed by atoms with Crippen molar-refractivity contribution >= 4 is 17.2 Å². The van der Waals surface area contributed by atoms with Crippen molar-refractivity contribution in [3.8, 4) is 0 Å². The number of hydrogen-bond donors (Lipinski definition) is 1. The predicted molar refractivity (Wildman–Crippen MR) is 78.0 cm³/mol. The van der Waals surface area contributed by atoms with E-state index in [9.17, 15) is 4.79 Å². The van der Waals surface area contributed by atoms with E-state index in [2.05, 4.69) is 41.6 Å². The van der Waals surface area contributed by atoms with Gasteiger partial charge in [0.15, 0.2) is 0 Å². The summed E-state index contributed by atoms with van der Waals surface area (Å²) in [6.07, 6.45) is 5.59. The fourth-order valence-corrected chi connectivity index (χ4v) is 3.76. The Bertz CT molecular complexity index is 453. The molecule has 2 heterocycles. The van der Waals surface area contributed by atoms with E-state index in [1.807, 2.05) is 0 Å². The summed E-state index contributed by atoms with van der Waals surface area (Å²) in [5, 5.41) is 5.68. The lowest BCUT2D eigenvalue weighted by Gasteiger charge is -2.29. The normalized spacial score (nSPS) is 26.1. The maximum atomic E-state index is 12.7. The molecule has 1 aromatic heterocycles. The summed E-state index contributed by atoms with van der Waals surface area (Å²) in [6, 6.07) is 4.53. The van der Waals surface area contributed by atoms with Crippen LogP contribution in [0.15, 0.2) is 17.5 Å². The fraction of sp³-hybridized carbons (Fsp3) is 0.667. The van der Waals surface area contributed by atoms with Crippen LogP contribution < -0.4 is 5.32 Å². The maximum Gasteiger partial charge on any atom is 0.244 e. The summed E-state index contributed by atoms with van der Waals surface area (Å²) in [7, 11) is 0. The van der Waals surface area contributed by atoms with Gasteiger partial charge in [0.25, 0.3) is 0 Å². The lowest BCUT2D eigenvalue weighted by molar-refractivity contribution is -0.132. The minimum atomic E-state index is -0.213. The van der Waals surface area contributed by atoms with Crippen LogP contribution in [0.25, 0.3) is 0 Å². The van der Waals surface area contributed by atoms with Gasteiger partial charge in [0.05, 0.1) is 0 Å². The van der Waals surface area contributed by atoms with Crippen molar-refractivity contribution in [3.05, 3.63) is 22.4 Å². The van der Waals surface area contributed by atoms with Gasteiger partial charge in [-0.3, -0.25) is 10.1 Å². The van der Waals surface area contributed by atoms with Gasteiger partial charge in [0.1, 0.15) is 11.7 Å². The monoisotopic (exact) mass is 278 g/mol. The van der Waals surface area contributed by atoms with Gasteiger partial charge in [-0.2, -0.15) is 0 Å². The molecule has 19 heavy (non-hydrogen) atoms. The quantitative estimate of drug-likeness (QED) is 0.896. The molecular formula is C15H22N2OS. The second kappa shape index (κ2) is 4.91. The molecule has 2 unspecified atom stereocenters. The van der Waals surface area contributed by atoms with Crippen LogP contribution in [0.3, 0.4) is 0 Å². The molecule has 1 N–H and O–H groups in total. The van der Waals surface area contributed by atoms with Crippen molar-refractivity contribution in [3.63, 3.8) is 0 Å². The minimum Gasteiger partial charge on any atom is -0.318 e. The van der Waals surface area contributed by atoms with Crippen molar-refractivity contribution in [1.82, 2.24) is 10.2 Å². The number of amides is 1. The number of carbonyl (C=O) groups is 1. The van der Waals surface area contributed by atoms with Crippen molar-refractivity contribution in [2.45, 2.75) is 63.7 Å². The maximum absolute atomic E-state index is 12.7. The zero-order valence-corrected chi connectivity index (χ0v) is 12.5. The summed E-state index contributed by atoms with van der Waals surface area (Å²) in [6.45, 7) is 4.40. The van der Waals surface area contributed by atoms with E-state index in [0.29, 0.717) is 11.9 Å². The molecule has 104 valence electrons. The first-order chi connectivity index (χ1) is 9.18. The van der Waals surface area contributed by atoms with E-state index < -0.39 is 0 Å². The highest BCUT2D eigenvalue weighted by atomic mass is 32.1. The molecule has 1 amide bonds. The highest BCUT2D eigenvalue weighted by Gasteiger charge is 2.60. The Morgan fingerprint density at radius 2 is 2.37 bits per heavy atom. The molecule has 2 aliphatic rings. The third-order valence-electron chi connectivity index (χ3n) is 4.35. The first kappa shape index (κ1) is 13.1. The van der Waals surface area contributed by atoms with Gasteiger partial charge in [-0.15, -0.1) is 11.3 Å². The van der Waals surface area contributed by atoms with E-state index in [0.717, 1.165) is 19.3 Å². The molecule has 2 atom stereocenters. The number of nitrogens with zero attached hydrogens (tertiary/aromatic N) is 1. The SMILES string of the molecule is CCCCC(C)N1C(=O)C2(CC2)NC1c1cccs1. The zero-order valence-electron chi connectivity index (χ0n) is 11.7. The van der Waals surface area contributed by atoms with Gasteiger partial charge in [0.2, 0.25) is 5.91 Å². The number of hydrogen-bond acceptors (Lipinski definition) is 3. The molecular weight excluding hydrogens is 256 g/mol. The first-order valence-corrected chi connectivity index (χ1v) is 8.20.